The maximum absolute atomic E-state index is 10.9. The summed E-state index contributed by atoms with van der Waals surface area (Å²) in [4.78, 5) is 43.6. The van der Waals surface area contributed by atoms with Gasteiger partial charge in [-0.3, -0.25) is 19.2 Å². The molecule has 2 atom stereocenters. The smallest absolute Gasteiger partial charge is 0.318 e. The number of rotatable bonds is 6. The van der Waals surface area contributed by atoms with Crippen molar-refractivity contribution < 1.29 is 44.3 Å². The van der Waals surface area contributed by atoms with E-state index in [1.807, 2.05) is 0 Å². The van der Waals surface area contributed by atoms with Gasteiger partial charge < -0.3 is 25.2 Å². The molecule has 9 heteroatoms. The number of carboxylic acids is 4. The second-order valence-corrected chi connectivity index (χ2v) is 4.17. The Morgan fingerprint density at radius 3 is 1.21 bits per heavy atom. The first kappa shape index (κ1) is 14.9. The van der Waals surface area contributed by atoms with E-state index in [1.54, 1.807) is 0 Å². The number of ether oxygens (including phenoxy) is 1. The minimum atomic E-state index is -1.89. The van der Waals surface area contributed by atoms with Crippen LogP contribution in [0, 0.1) is 23.7 Å². The lowest BCUT2D eigenvalue weighted by atomic mass is 9.77. The molecule has 0 aromatic rings. The van der Waals surface area contributed by atoms with Gasteiger partial charge in [0.1, 0.15) is 0 Å². The van der Waals surface area contributed by atoms with Crippen LogP contribution in [0.25, 0.3) is 0 Å². The molecule has 0 spiro atoms. The molecule has 0 saturated carbocycles. The normalized spacial score (nSPS) is 22.6. The van der Waals surface area contributed by atoms with E-state index >= 15 is 0 Å². The molecule has 4 N–H and O–H groups in total. The molecule has 1 aliphatic heterocycles. The van der Waals surface area contributed by atoms with Crippen LogP contribution in [-0.4, -0.2) is 57.5 Å². The van der Waals surface area contributed by atoms with Gasteiger partial charge in [0, 0.05) is 11.8 Å². The van der Waals surface area contributed by atoms with Gasteiger partial charge >= 0.3 is 23.9 Å². The Morgan fingerprint density at radius 1 is 0.737 bits per heavy atom. The number of carbonyl (C=O) groups is 4. The zero-order valence-electron chi connectivity index (χ0n) is 9.55. The summed E-state index contributed by atoms with van der Waals surface area (Å²) >= 11 is 0. The van der Waals surface area contributed by atoms with E-state index in [1.165, 1.54) is 0 Å². The first-order chi connectivity index (χ1) is 8.77. The molecule has 2 unspecified atom stereocenters. The highest BCUT2D eigenvalue weighted by molar-refractivity contribution is 5.95. The maximum atomic E-state index is 10.9. The summed E-state index contributed by atoms with van der Waals surface area (Å²) in [6, 6.07) is 0. The molecular weight excluding hydrogens is 264 g/mol. The zero-order valence-corrected chi connectivity index (χ0v) is 9.55. The summed E-state index contributed by atoms with van der Waals surface area (Å²) in [6.45, 7) is -0.601. The Bertz CT molecular complexity index is 349. The predicted octanol–water partition coefficient (Wildman–Crippen LogP) is -1.18. The standard InChI is InChI=1S/C10H12O9/c11-7(12)5(8(13)14)3-1-19-2-4(3)6(9(15)16)10(17)18/h3-6H,1-2H2,(H,11,12)(H,13,14)(H,15,16)(H,17,18). The van der Waals surface area contributed by atoms with Crippen LogP contribution in [0.4, 0.5) is 0 Å². The van der Waals surface area contributed by atoms with Crippen molar-refractivity contribution in [2.45, 2.75) is 0 Å². The van der Waals surface area contributed by atoms with Crippen LogP contribution in [0.5, 0.6) is 0 Å². The third-order valence-electron chi connectivity index (χ3n) is 3.09. The SMILES string of the molecule is O=C(O)C(C(=O)O)C1COCC1C(C(=O)O)C(=O)O. The van der Waals surface area contributed by atoms with E-state index in [-0.39, 0.29) is 13.2 Å². The van der Waals surface area contributed by atoms with Crippen molar-refractivity contribution in [2.75, 3.05) is 13.2 Å². The molecule has 0 radical (unpaired) electrons. The summed E-state index contributed by atoms with van der Waals surface area (Å²) in [6.07, 6.45) is 0. The fourth-order valence-corrected chi connectivity index (χ4v) is 2.22. The molecule has 0 aliphatic carbocycles. The average molecular weight is 276 g/mol. The Hall–Kier alpha value is -2.16. The molecule has 1 aliphatic rings. The summed E-state index contributed by atoms with van der Waals surface area (Å²) in [5.74, 6) is -12.8. The first-order valence-corrected chi connectivity index (χ1v) is 5.26. The molecule has 1 rings (SSSR count). The van der Waals surface area contributed by atoms with Gasteiger partial charge in [0.15, 0.2) is 11.8 Å². The van der Waals surface area contributed by atoms with Gasteiger partial charge in [-0.05, 0) is 0 Å². The third-order valence-corrected chi connectivity index (χ3v) is 3.09. The van der Waals surface area contributed by atoms with Crippen LogP contribution < -0.4 is 0 Å². The second-order valence-electron chi connectivity index (χ2n) is 4.17. The van der Waals surface area contributed by atoms with Crippen LogP contribution >= 0.6 is 0 Å². The van der Waals surface area contributed by atoms with Crippen LogP contribution in [0.2, 0.25) is 0 Å². The topological polar surface area (TPSA) is 158 Å². The number of aliphatic carboxylic acids is 4. The molecule has 9 nitrogen and oxygen atoms in total. The Morgan fingerprint density at radius 2 is 1.00 bits per heavy atom. The maximum Gasteiger partial charge on any atom is 0.318 e. The van der Waals surface area contributed by atoms with E-state index in [9.17, 15) is 19.2 Å². The van der Waals surface area contributed by atoms with Gasteiger partial charge in [-0.25, -0.2) is 0 Å². The van der Waals surface area contributed by atoms with Crippen LogP contribution in [-0.2, 0) is 23.9 Å². The second kappa shape index (κ2) is 5.65. The quantitative estimate of drug-likeness (QED) is 0.438. The number of carboxylic acid groups (broad SMARTS) is 4. The monoisotopic (exact) mass is 276 g/mol. The molecular formula is C10H12O9. The van der Waals surface area contributed by atoms with Crippen molar-refractivity contribution in [2.24, 2.45) is 23.7 Å². The number of hydrogen-bond acceptors (Lipinski definition) is 5. The van der Waals surface area contributed by atoms with Gasteiger partial charge in [-0.15, -0.1) is 0 Å². The van der Waals surface area contributed by atoms with Crippen LogP contribution in [0.3, 0.4) is 0 Å². The van der Waals surface area contributed by atoms with E-state index in [0.29, 0.717) is 0 Å². The molecule has 19 heavy (non-hydrogen) atoms. The Kier molecular flexibility index (Phi) is 4.43. The fraction of sp³-hybridized carbons (Fsp3) is 0.600. The lowest BCUT2D eigenvalue weighted by Crippen LogP contribution is -2.42. The lowest BCUT2D eigenvalue weighted by Gasteiger charge is -2.23. The molecule has 0 amide bonds. The Balaban J connectivity index is 3.06. The predicted molar refractivity (Wildman–Crippen MR) is 55.3 cm³/mol. The van der Waals surface area contributed by atoms with Gasteiger partial charge in [0.25, 0.3) is 0 Å². The van der Waals surface area contributed by atoms with Crippen molar-refractivity contribution in [3.05, 3.63) is 0 Å². The van der Waals surface area contributed by atoms with E-state index in [4.69, 9.17) is 25.2 Å². The van der Waals surface area contributed by atoms with Gasteiger partial charge in [-0.1, -0.05) is 0 Å². The highest BCUT2D eigenvalue weighted by Gasteiger charge is 2.50. The van der Waals surface area contributed by atoms with Gasteiger partial charge in [-0.2, -0.15) is 0 Å². The minimum Gasteiger partial charge on any atom is -0.481 e. The number of hydrogen-bond donors (Lipinski definition) is 4. The molecule has 1 heterocycles. The van der Waals surface area contributed by atoms with Crippen LogP contribution in [0.1, 0.15) is 0 Å². The van der Waals surface area contributed by atoms with Crippen molar-refractivity contribution in [3.63, 3.8) is 0 Å². The molecule has 0 aromatic heterocycles. The molecule has 0 aromatic carbocycles. The van der Waals surface area contributed by atoms with Crippen molar-refractivity contribution in [1.82, 2.24) is 0 Å². The first-order valence-electron chi connectivity index (χ1n) is 5.26. The van der Waals surface area contributed by atoms with Crippen molar-refractivity contribution in [3.8, 4) is 0 Å². The van der Waals surface area contributed by atoms with Gasteiger partial charge in [0.2, 0.25) is 0 Å². The summed E-state index contributed by atoms with van der Waals surface area (Å²) in [5, 5.41) is 35.4. The van der Waals surface area contributed by atoms with Crippen molar-refractivity contribution in [1.29, 1.82) is 0 Å². The molecule has 1 saturated heterocycles. The highest BCUT2D eigenvalue weighted by atomic mass is 16.5. The zero-order chi connectivity index (χ0) is 14.7. The van der Waals surface area contributed by atoms with Crippen molar-refractivity contribution >= 4 is 23.9 Å². The largest absolute Gasteiger partial charge is 0.481 e. The van der Waals surface area contributed by atoms with Crippen LogP contribution in [0.15, 0.2) is 0 Å². The summed E-state index contributed by atoms with van der Waals surface area (Å²) in [7, 11) is 0. The minimum absolute atomic E-state index is 0.301. The van der Waals surface area contributed by atoms with Gasteiger partial charge in [0.05, 0.1) is 13.2 Å². The molecule has 0 bridgehead atoms. The lowest BCUT2D eigenvalue weighted by molar-refractivity contribution is -0.164. The summed E-state index contributed by atoms with van der Waals surface area (Å²) < 4.78 is 4.88. The molecule has 1 fully saturated rings. The average Bonchev–Trinajstić information content (AvgIpc) is 2.64. The summed E-state index contributed by atoms with van der Waals surface area (Å²) in [5.41, 5.74) is 0. The Labute approximate surface area is 106 Å². The highest BCUT2D eigenvalue weighted by Crippen LogP contribution is 2.34. The van der Waals surface area contributed by atoms with E-state index in [2.05, 4.69) is 0 Å². The molecule has 106 valence electrons. The van der Waals surface area contributed by atoms with E-state index in [0.717, 1.165) is 0 Å². The fourth-order valence-electron chi connectivity index (χ4n) is 2.22. The van der Waals surface area contributed by atoms with E-state index < -0.39 is 47.5 Å². The third kappa shape index (κ3) is 2.99.